The smallest absolute Gasteiger partial charge is 0.214 e. The van der Waals surface area contributed by atoms with Crippen LogP contribution in [0.5, 0.6) is 5.88 Å². The minimum absolute atomic E-state index is 0. The summed E-state index contributed by atoms with van der Waals surface area (Å²) in [6.45, 7) is 3.53. The highest BCUT2D eigenvalue weighted by Crippen LogP contribution is 2.15. The van der Waals surface area contributed by atoms with Crippen molar-refractivity contribution in [3.8, 4) is 5.88 Å². The summed E-state index contributed by atoms with van der Waals surface area (Å²) in [5, 5.41) is 0.489. The highest BCUT2D eigenvalue weighted by Gasteiger charge is 2.23. The number of nitrogens with one attached hydrogen (secondary N) is 1. The van der Waals surface area contributed by atoms with Gasteiger partial charge in [-0.25, -0.2) is 4.98 Å². The fraction of sp³-hybridized carbons (Fsp3) is 0.389. The van der Waals surface area contributed by atoms with Gasteiger partial charge in [0.15, 0.2) is 0 Å². The Balaban J connectivity index is 0.00000192. The molecule has 1 N–H and O–H groups in total. The molecule has 1 aromatic carbocycles. The van der Waals surface area contributed by atoms with Crippen LogP contribution in [-0.4, -0.2) is 30.7 Å². The van der Waals surface area contributed by atoms with Gasteiger partial charge in [-0.3, -0.25) is 0 Å². The maximum absolute atomic E-state index is 5.94. The van der Waals surface area contributed by atoms with E-state index >= 15 is 0 Å². The molecule has 1 fully saturated rings. The van der Waals surface area contributed by atoms with Crippen LogP contribution in [0.15, 0.2) is 48.5 Å². The normalized spacial score (nSPS) is 20.6. The van der Waals surface area contributed by atoms with Gasteiger partial charge in [-0.2, -0.15) is 0 Å². The van der Waals surface area contributed by atoms with Crippen LogP contribution in [0.25, 0.3) is 0 Å². The number of nitrogens with zero attached hydrogens (tertiary/aromatic N) is 1. The fourth-order valence-electron chi connectivity index (χ4n) is 2.96. The number of halogens is 2. The highest BCUT2D eigenvalue weighted by molar-refractivity contribution is 6.29. The monoisotopic (exact) mass is 352 g/mol. The van der Waals surface area contributed by atoms with E-state index in [1.165, 1.54) is 12.1 Å². The van der Waals surface area contributed by atoms with Gasteiger partial charge in [0.05, 0.1) is 19.6 Å². The van der Waals surface area contributed by atoms with Crippen LogP contribution in [0.2, 0.25) is 5.15 Å². The Hall–Kier alpha value is -1.29. The van der Waals surface area contributed by atoms with Crippen molar-refractivity contribution < 1.29 is 22.0 Å². The fourth-order valence-corrected chi connectivity index (χ4v) is 3.12. The number of benzene rings is 1. The Bertz CT molecular complexity index is 587. The number of piperidine rings is 1. The molecule has 1 aromatic heterocycles. The van der Waals surface area contributed by atoms with Crippen LogP contribution in [0.4, 0.5) is 0 Å². The Morgan fingerprint density at radius 1 is 1.04 bits per heavy atom. The summed E-state index contributed by atoms with van der Waals surface area (Å²) in [4.78, 5) is 5.87. The van der Waals surface area contributed by atoms with Gasteiger partial charge in [0.1, 0.15) is 11.3 Å². The molecule has 1 saturated heterocycles. The van der Waals surface area contributed by atoms with E-state index in [9.17, 15) is 0 Å². The van der Waals surface area contributed by atoms with Crippen molar-refractivity contribution in [2.24, 2.45) is 0 Å². The summed E-state index contributed by atoms with van der Waals surface area (Å²) in [5.74, 6) is 0.644. The van der Waals surface area contributed by atoms with Crippen molar-refractivity contribution in [1.82, 2.24) is 4.98 Å². The van der Waals surface area contributed by atoms with Crippen LogP contribution >= 0.6 is 11.6 Å². The molecule has 0 radical (unpaired) electrons. The molecule has 0 unspecified atom stereocenters. The van der Waals surface area contributed by atoms with E-state index in [1.807, 2.05) is 12.1 Å². The first kappa shape index (κ1) is 18.1. The number of likely N-dealkylation sites (tertiary alicyclic amines) is 1. The summed E-state index contributed by atoms with van der Waals surface area (Å²) in [6, 6.07) is 16.2. The lowest BCUT2D eigenvalue weighted by Gasteiger charge is -2.29. The number of quaternary nitrogens is 1. The summed E-state index contributed by atoms with van der Waals surface area (Å²) >= 11 is 5.89. The van der Waals surface area contributed by atoms with Gasteiger partial charge in [0.2, 0.25) is 5.88 Å². The van der Waals surface area contributed by atoms with Gasteiger partial charge in [-0.15, -0.1) is 0 Å². The van der Waals surface area contributed by atoms with Crippen LogP contribution < -0.4 is 22.0 Å². The zero-order chi connectivity index (χ0) is 15.2. The number of hydrogen-bond donors (Lipinski definition) is 1. The summed E-state index contributed by atoms with van der Waals surface area (Å²) in [5.41, 5.74) is 1.43. The van der Waals surface area contributed by atoms with Crippen molar-refractivity contribution in [2.45, 2.75) is 25.4 Å². The molecule has 124 valence electrons. The average Bonchev–Trinajstić information content (AvgIpc) is 2.55. The number of aromatic nitrogens is 1. The minimum Gasteiger partial charge on any atom is -1.00 e. The SMILES string of the molecule is Clc1cccc(OC2CC[NH+](CCc3ccccc3)CC2)n1.[Cl-]. The van der Waals surface area contributed by atoms with E-state index in [4.69, 9.17) is 16.3 Å². The highest BCUT2D eigenvalue weighted by atomic mass is 35.5. The van der Waals surface area contributed by atoms with E-state index in [0.29, 0.717) is 11.0 Å². The number of ether oxygens (including phenoxy) is 1. The van der Waals surface area contributed by atoms with E-state index in [1.54, 1.807) is 11.0 Å². The molecule has 5 heteroatoms. The number of pyridine rings is 1. The zero-order valence-electron chi connectivity index (χ0n) is 13.1. The number of hydrogen-bond acceptors (Lipinski definition) is 2. The third-order valence-electron chi connectivity index (χ3n) is 4.23. The molecule has 3 nitrogen and oxygen atoms in total. The van der Waals surface area contributed by atoms with Gasteiger partial charge in [-0.05, 0) is 11.6 Å². The maximum atomic E-state index is 5.94. The predicted octanol–water partition coefficient (Wildman–Crippen LogP) is -0.592. The third-order valence-corrected chi connectivity index (χ3v) is 4.44. The molecule has 2 aromatic rings. The van der Waals surface area contributed by atoms with Crippen LogP contribution in [0.1, 0.15) is 18.4 Å². The van der Waals surface area contributed by atoms with Crippen molar-refractivity contribution >= 4 is 11.6 Å². The quantitative estimate of drug-likeness (QED) is 0.728. The molecule has 0 bridgehead atoms. The maximum Gasteiger partial charge on any atom is 0.214 e. The molecule has 0 amide bonds. The molecular formula is C18H22Cl2N2O. The van der Waals surface area contributed by atoms with Crippen molar-refractivity contribution in [3.63, 3.8) is 0 Å². The van der Waals surface area contributed by atoms with Gasteiger partial charge in [0, 0.05) is 25.3 Å². The molecular weight excluding hydrogens is 331 g/mol. The van der Waals surface area contributed by atoms with E-state index < -0.39 is 0 Å². The lowest BCUT2D eigenvalue weighted by atomic mass is 10.1. The molecule has 3 rings (SSSR count). The van der Waals surface area contributed by atoms with E-state index in [0.717, 1.165) is 32.4 Å². The zero-order valence-corrected chi connectivity index (χ0v) is 14.6. The molecule has 0 aliphatic carbocycles. The first-order valence-corrected chi connectivity index (χ1v) is 8.34. The second-order valence-corrected chi connectivity index (χ2v) is 6.24. The molecule has 1 aliphatic heterocycles. The first-order valence-electron chi connectivity index (χ1n) is 7.96. The van der Waals surface area contributed by atoms with Gasteiger partial charge < -0.3 is 22.0 Å². The van der Waals surface area contributed by atoms with Crippen molar-refractivity contribution in [3.05, 3.63) is 59.2 Å². The van der Waals surface area contributed by atoms with E-state index in [-0.39, 0.29) is 18.5 Å². The molecule has 23 heavy (non-hydrogen) atoms. The molecule has 0 saturated carbocycles. The van der Waals surface area contributed by atoms with Gasteiger partial charge in [-0.1, -0.05) is 48.0 Å². The lowest BCUT2D eigenvalue weighted by molar-refractivity contribution is -0.905. The number of rotatable bonds is 5. The summed E-state index contributed by atoms with van der Waals surface area (Å²) in [6.07, 6.45) is 3.58. The van der Waals surface area contributed by atoms with Crippen LogP contribution in [0, 0.1) is 0 Å². The largest absolute Gasteiger partial charge is 1.00 e. The molecule has 0 spiro atoms. The topological polar surface area (TPSA) is 26.6 Å². The lowest BCUT2D eigenvalue weighted by Crippen LogP contribution is -3.13. The second-order valence-electron chi connectivity index (χ2n) is 5.85. The summed E-state index contributed by atoms with van der Waals surface area (Å²) < 4.78 is 5.94. The van der Waals surface area contributed by atoms with Crippen molar-refractivity contribution in [1.29, 1.82) is 0 Å². The molecule has 0 atom stereocenters. The van der Waals surface area contributed by atoms with Crippen molar-refractivity contribution in [2.75, 3.05) is 19.6 Å². The van der Waals surface area contributed by atoms with E-state index in [2.05, 4.69) is 35.3 Å². The molecule has 2 heterocycles. The van der Waals surface area contributed by atoms with Crippen LogP contribution in [0.3, 0.4) is 0 Å². The molecule has 1 aliphatic rings. The second kappa shape index (κ2) is 9.11. The average molecular weight is 353 g/mol. The van der Waals surface area contributed by atoms with Crippen LogP contribution in [-0.2, 0) is 6.42 Å². The van der Waals surface area contributed by atoms with Gasteiger partial charge >= 0.3 is 0 Å². The standard InChI is InChI=1S/C18H21ClN2O.ClH/c19-17-7-4-8-18(20-17)22-16-10-13-21(14-11-16)12-9-15-5-2-1-3-6-15;/h1-8,16H,9-14H2;1H. The minimum atomic E-state index is 0. The Labute approximate surface area is 149 Å². The van der Waals surface area contributed by atoms with Gasteiger partial charge in [0.25, 0.3) is 0 Å². The first-order chi connectivity index (χ1) is 10.8. The third kappa shape index (κ3) is 5.69. The summed E-state index contributed by atoms with van der Waals surface area (Å²) in [7, 11) is 0. The Morgan fingerprint density at radius 3 is 2.48 bits per heavy atom. The Morgan fingerprint density at radius 2 is 1.78 bits per heavy atom. The Kier molecular flexibility index (Phi) is 7.15. The predicted molar refractivity (Wildman–Crippen MR) is 88.6 cm³/mol.